The first-order valence-corrected chi connectivity index (χ1v) is 2.01. The molecule has 8 heavy (non-hydrogen) atoms. The molecule has 0 radical (unpaired) electrons. The van der Waals surface area contributed by atoms with Gasteiger partial charge in [-0.05, 0) is 6.08 Å². The van der Waals surface area contributed by atoms with Crippen molar-refractivity contribution in [1.82, 2.24) is 10.1 Å². The van der Waals surface area contributed by atoms with Crippen molar-refractivity contribution < 1.29 is 4.52 Å². The first-order chi connectivity index (χ1) is 3.83. The Balaban J connectivity index is 3.18. The Kier molecular flexibility index (Phi) is 0.997. The van der Waals surface area contributed by atoms with Gasteiger partial charge in [-0.1, -0.05) is 11.7 Å². The van der Waals surface area contributed by atoms with Gasteiger partial charge in [-0.3, -0.25) is 9.51 Å². The molecule has 0 saturated carbocycles. The summed E-state index contributed by atoms with van der Waals surface area (Å²) in [4.78, 5) is 12.4. The van der Waals surface area contributed by atoms with Gasteiger partial charge in [0.2, 0.25) is 0 Å². The molecule has 42 valence electrons. The maximum Gasteiger partial charge on any atom is 0.439 e. The zero-order valence-corrected chi connectivity index (χ0v) is 4.05. The van der Waals surface area contributed by atoms with Crippen molar-refractivity contribution in [1.29, 1.82) is 0 Å². The average molecular weight is 112 g/mol. The van der Waals surface area contributed by atoms with E-state index in [1.165, 1.54) is 6.08 Å². The summed E-state index contributed by atoms with van der Waals surface area (Å²) in [6, 6.07) is 0. The number of aromatic amines is 1. The molecule has 1 heterocycles. The van der Waals surface area contributed by atoms with E-state index in [4.69, 9.17) is 0 Å². The molecule has 4 heteroatoms. The topological polar surface area (TPSA) is 58.9 Å². The maximum absolute atomic E-state index is 10.1. The molecule has 1 N–H and O–H groups in total. The molecular formula is C4H4N2O2. The molecule has 0 aliphatic heterocycles. The van der Waals surface area contributed by atoms with E-state index in [-0.39, 0.29) is 0 Å². The Labute approximate surface area is 44.8 Å². The number of hydrogen-bond donors (Lipinski definition) is 1. The lowest BCUT2D eigenvalue weighted by molar-refractivity contribution is 0.385. The highest BCUT2D eigenvalue weighted by Gasteiger charge is 1.89. The van der Waals surface area contributed by atoms with Crippen LogP contribution in [-0.2, 0) is 0 Å². The van der Waals surface area contributed by atoms with Gasteiger partial charge in [0, 0.05) is 0 Å². The zero-order valence-electron chi connectivity index (χ0n) is 4.05. The molecule has 0 saturated heterocycles. The van der Waals surface area contributed by atoms with E-state index >= 15 is 0 Å². The summed E-state index contributed by atoms with van der Waals surface area (Å²) >= 11 is 0. The van der Waals surface area contributed by atoms with Crippen molar-refractivity contribution in [2.75, 3.05) is 0 Å². The van der Waals surface area contributed by atoms with Crippen LogP contribution in [0.3, 0.4) is 0 Å². The summed E-state index contributed by atoms with van der Waals surface area (Å²) in [6.45, 7) is 3.35. The maximum atomic E-state index is 10.1. The number of rotatable bonds is 1. The Morgan fingerprint density at radius 1 is 1.88 bits per heavy atom. The predicted molar refractivity (Wildman–Crippen MR) is 27.2 cm³/mol. The van der Waals surface area contributed by atoms with Crippen molar-refractivity contribution in [3.8, 4) is 0 Å². The summed E-state index contributed by atoms with van der Waals surface area (Å²) in [5, 5.41) is 3.27. The predicted octanol–water partition coefficient (Wildman–Crippen LogP) is 0.00590. The van der Waals surface area contributed by atoms with E-state index in [1.54, 1.807) is 0 Å². The van der Waals surface area contributed by atoms with E-state index < -0.39 is 5.76 Å². The molecule has 0 aromatic carbocycles. The molecule has 0 amide bonds. The molecule has 0 atom stereocenters. The van der Waals surface area contributed by atoms with Gasteiger partial charge >= 0.3 is 5.76 Å². The molecule has 1 rings (SSSR count). The molecule has 0 fully saturated rings. The molecule has 0 aliphatic rings. The van der Waals surface area contributed by atoms with Crippen LogP contribution in [0.4, 0.5) is 0 Å². The van der Waals surface area contributed by atoms with Gasteiger partial charge < -0.3 is 0 Å². The highest BCUT2D eigenvalue weighted by molar-refractivity contribution is 5.33. The lowest BCUT2D eigenvalue weighted by Gasteiger charge is -1.67. The quantitative estimate of drug-likeness (QED) is 0.556. The fraction of sp³-hybridized carbons (Fsp3) is 0. The Morgan fingerprint density at radius 2 is 2.62 bits per heavy atom. The number of nitrogens with one attached hydrogen (secondary N) is 1. The van der Waals surface area contributed by atoms with Gasteiger partial charge in [-0.2, -0.15) is 0 Å². The molecule has 4 nitrogen and oxygen atoms in total. The monoisotopic (exact) mass is 112 g/mol. The van der Waals surface area contributed by atoms with Crippen LogP contribution in [0.2, 0.25) is 0 Å². The second-order valence-corrected chi connectivity index (χ2v) is 1.18. The van der Waals surface area contributed by atoms with Crippen LogP contribution < -0.4 is 5.76 Å². The van der Waals surface area contributed by atoms with Gasteiger partial charge in [-0.15, -0.1) is 0 Å². The number of nitrogens with zero attached hydrogens (tertiary/aromatic N) is 1. The third kappa shape index (κ3) is 0.676. The van der Waals surface area contributed by atoms with E-state index in [0.29, 0.717) is 5.82 Å². The van der Waals surface area contributed by atoms with Gasteiger partial charge in [-0.25, -0.2) is 4.79 Å². The van der Waals surface area contributed by atoms with Crippen molar-refractivity contribution >= 4 is 6.08 Å². The second kappa shape index (κ2) is 1.65. The van der Waals surface area contributed by atoms with E-state index in [1.807, 2.05) is 0 Å². The molecular weight excluding hydrogens is 108 g/mol. The van der Waals surface area contributed by atoms with Crippen molar-refractivity contribution in [3.05, 3.63) is 23.0 Å². The Hall–Kier alpha value is -1.32. The number of aromatic nitrogens is 2. The summed E-state index contributed by atoms with van der Waals surface area (Å²) in [5.41, 5.74) is 0. The number of H-pyrrole nitrogens is 1. The highest BCUT2D eigenvalue weighted by Crippen LogP contribution is 1.81. The molecule has 1 aromatic rings. The van der Waals surface area contributed by atoms with Gasteiger partial charge in [0.05, 0.1) is 0 Å². The minimum atomic E-state index is -0.556. The third-order valence-electron chi connectivity index (χ3n) is 0.650. The second-order valence-electron chi connectivity index (χ2n) is 1.18. The first-order valence-electron chi connectivity index (χ1n) is 2.01. The highest BCUT2D eigenvalue weighted by atomic mass is 16.5. The van der Waals surface area contributed by atoms with E-state index in [0.717, 1.165) is 0 Å². The summed E-state index contributed by atoms with van der Waals surface area (Å²) in [6.07, 6.45) is 1.39. The zero-order chi connectivity index (χ0) is 5.98. The lowest BCUT2D eigenvalue weighted by atomic mass is 10.6. The SMILES string of the molecule is C=Cc1noc(=O)[nH]1. The smallest absolute Gasteiger partial charge is 0.296 e. The molecule has 0 bridgehead atoms. The van der Waals surface area contributed by atoms with Crippen LogP contribution in [0.15, 0.2) is 15.9 Å². The molecule has 0 unspecified atom stereocenters. The van der Waals surface area contributed by atoms with Crippen LogP contribution in [-0.4, -0.2) is 10.1 Å². The molecule has 0 spiro atoms. The molecule has 1 aromatic heterocycles. The van der Waals surface area contributed by atoms with Crippen LogP contribution in [0, 0.1) is 0 Å². The minimum absolute atomic E-state index is 0.356. The van der Waals surface area contributed by atoms with Crippen LogP contribution >= 0.6 is 0 Å². The lowest BCUT2D eigenvalue weighted by Crippen LogP contribution is -1.94. The van der Waals surface area contributed by atoms with Crippen molar-refractivity contribution in [3.63, 3.8) is 0 Å². The van der Waals surface area contributed by atoms with E-state index in [2.05, 4.69) is 21.2 Å². The van der Waals surface area contributed by atoms with Gasteiger partial charge in [0.1, 0.15) is 0 Å². The average Bonchev–Trinajstić information content (AvgIpc) is 2.14. The standard InChI is InChI=1S/C4H4N2O2/c1-2-3-5-4(7)8-6-3/h2H,1H2,(H,5,6,7). The normalized spacial score (nSPS) is 9.00. The number of hydrogen-bond acceptors (Lipinski definition) is 3. The largest absolute Gasteiger partial charge is 0.439 e. The van der Waals surface area contributed by atoms with Crippen LogP contribution in [0.25, 0.3) is 6.08 Å². The van der Waals surface area contributed by atoms with Gasteiger partial charge in [0.25, 0.3) is 0 Å². The summed E-state index contributed by atoms with van der Waals surface area (Å²) in [7, 11) is 0. The molecule has 0 aliphatic carbocycles. The fourth-order valence-electron chi connectivity index (χ4n) is 0.329. The minimum Gasteiger partial charge on any atom is -0.296 e. The van der Waals surface area contributed by atoms with Crippen LogP contribution in [0.5, 0.6) is 0 Å². The van der Waals surface area contributed by atoms with Crippen molar-refractivity contribution in [2.24, 2.45) is 0 Å². The summed E-state index contributed by atoms with van der Waals surface area (Å²) < 4.78 is 4.12. The van der Waals surface area contributed by atoms with Crippen molar-refractivity contribution in [2.45, 2.75) is 0 Å². The first kappa shape index (κ1) is 4.83. The van der Waals surface area contributed by atoms with Gasteiger partial charge in [0.15, 0.2) is 5.82 Å². The summed E-state index contributed by atoms with van der Waals surface area (Å²) in [5.74, 6) is -0.199. The van der Waals surface area contributed by atoms with E-state index in [9.17, 15) is 4.79 Å². The Morgan fingerprint density at radius 3 is 2.88 bits per heavy atom. The Bertz CT molecular complexity index is 234. The third-order valence-corrected chi connectivity index (χ3v) is 0.650. The van der Waals surface area contributed by atoms with Crippen LogP contribution in [0.1, 0.15) is 5.82 Å². The fourth-order valence-corrected chi connectivity index (χ4v) is 0.329.